The molecule has 0 unspecified atom stereocenters. The summed E-state index contributed by atoms with van der Waals surface area (Å²) in [4.78, 5) is 0. The second-order valence-corrected chi connectivity index (χ2v) is 2.40. The molecule has 0 radical (unpaired) electrons. The first-order chi connectivity index (χ1) is 6.27. The van der Waals surface area contributed by atoms with Gasteiger partial charge in [0.15, 0.2) is 0 Å². The topological polar surface area (TPSA) is 59.3 Å². The molecule has 0 amide bonds. The van der Waals surface area contributed by atoms with Gasteiger partial charge in [0, 0.05) is 6.07 Å². The van der Waals surface area contributed by atoms with Gasteiger partial charge in [0.1, 0.15) is 11.6 Å². The van der Waals surface area contributed by atoms with Crippen LogP contribution in [0, 0.1) is 5.82 Å². The molecule has 5 heteroatoms. The van der Waals surface area contributed by atoms with Crippen molar-refractivity contribution in [1.82, 2.24) is 5.43 Å². The number of benzene rings is 1. The van der Waals surface area contributed by atoms with E-state index < -0.39 is 0 Å². The zero-order valence-electron chi connectivity index (χ0n) is 7.30. The molecule has 0 saturated carbocycles. The number of hydrogen-bond donors (Lipinski definition) is 3. The summed E-state index contributed by atoms with van der Waals surface area (Å²) in [5.41, 5.74) is 2.97. The Hall–Kier alpha value is -1.33. The van der Waals surface area contributed by atoms with Gasteiger partial charge < -0.3 is 10.1 Å². The summed E-state index contributed by atoms with van der Waals surface area (Å²) in [7, 11) is 1.52. The van der Waals surface area contributed by atoms with E-state index in [-0.39, 0.29) is 5.82 Å². The van der Waals surface area contributed by atoms with Gasteiger partial charge in [-0.3, -0.25) is 5.84 Å². The molecule has 13 heavy (non-hydrogen) atoms. The van der Waals surface area contributed by atoms with Crippen LogP contribution in [-0.2, 0) is 0 Å². The standard InChI is InChI=1S/C8H12FN3O/c1-13-8-3-2-6(9)4-7(8)11-5-12-10/h2-4,11-12H,5,10H2,1H3. The molecule has 4 N–H and O–H groups in total. The fourth-order valence-corrected chi connectivity index (χ4v) is 0.965. The largest absolute Gasteiger partial charge is 0.495 e. The molecule has 0 aliphatic heterocycles. The van der Waals surface area contributed by atoms with Gasteiger partial charge in [0.05, 0.1) is 19.5 Å². The van der Waals surface area contributed by atoms with E-state index in [0.29, 0.717) is 18.1 Å². The van der Waals surface area contributed by atoms with Crippen molar-refractivity contribution >= 4 is 5.69 Å². The van der Waals surface area contributed by atoms with Gasteiger partial charge in [-0.15, -0.1) is 0 Å². The molecule has 0 saturated heterocycles. The van der Waals surface area contributed by atoms with E-state index in [9.17, 15) is 4.39 Å². The third-order valence-electron chi connectivity index (χ3n) is 1.54. The number of nitrogens with two attached hydrogens (primary N) is 1. The Balaban J connectivity index is 2.81. The normalized spacial score (nSPS) is 9.77. The predicted octanol–water partition coefficient (Wildman–Crippen LogP) is 0.667. The van der Waals surface area contributed by atoms with Crippen molar-refractivity contribution < 1.29 is 9.13 Å². The molecular formula is C8H12FN3O. The molecular weight excluding hydrogens is 173 g/mol. The number of hydrogen-bond acceptors (Lipinski definition) is 4. The molecule has 72 valence electrons. The van der Waals surface area contributed by atoms with Crippen LogP contribution in [0.3, 0.4) is 0 Å². The Bertz CT molecular complexity index is 280. The first kappa shape index (κ1) is 9.76. The minimum Gasteiger partial charge on any atom is -0.495 e. The van der Waals surface area contributed by atoms with Crippen LogP contribution in [0.5, 0.6) is 5.75 Å². The highest BCUT2D eigenvalue weighted by Gasteiger charge is 2.02. The number of hydrazine groups is 1. The average molecular weight is 185 g/mol. The zero-order chi connectivity index (χ0) is 9.68. The Morgan fingerprint density at radius 2 is 2.31 bits per heavy atom. The van der Waals surface area contributed by atoms with Crippen LogP contribution in [0.2, 0.25) is 0 Å². The summed E-state index contributed by atoms with van der Waals surface area (Å²) in [6, 6.07) is 4.23. The predicted molar refractivity (Wildman–Crippen MR) is 48.8 cm³/mol. The van der Waals surface area contributed by atoms with Crippen molar-refractivity contribution in [2.45, 2.75) is 0 Å². The van der Waals surface area contributed by atoms with E-state index in [1.165, 1.54) is 19.2 Å². The first-order valence-corrected chi connectivity index (χ1v) is 3.79. The first-order valence-electron chi connectivity index (χ1n) is 3.79. The van der Waals surface area contributed by atoms with Crippen molar-refractivity contribution in [3.05, 3.63) is 24.0 Å². The monoisotopic (exact) mass is 185 g/mol. The van der Waals surface area contributed by atoms with Crippen LogP contribution in [0.1, 0.15) is 0 Å². The smallest absolute Gasteiger partial charge is 0.142 e. The second-order valence-electron chi connectivity index (χ2n) is 2.40. The molecule has 0 aliphatic rings. The molecule has 1 aromatic carbocycles. The van der Waals surface area contributed by atoms with Crippen molar-refractivity contribution in [2.75, 3.05) is 19.1 Å². The summed E-state index contributed by atoms with van der Waals surface area (Å²) in [5.74, 6) is 5.32. The summed E-state index contributed by atoms with van der Waals surface area (Å²) >= 11 is 0. The Kier molecular flexibility index (Phi) is 3.48. The summed E-state index contributed by atoms with van der Waals surface area (Å²) < 4.78 is 17.8. The van der Waals surface area contributed by atoms with E-state index in [0.717, 1.165) is 0 Å². The molecule has 0 bridgehead atoms. The summed E-state index contributed by atoms with van der Waals surface area (Å²) in [6.07, 6.45) is 0. The van der Waals surface area contributed by atoms with E-state index in [2.05, 4.69) is 10.7 Å². The van der Waals surface area contributed by atoms with Crippen molar-refractivity contribution in [3.8, 4) is 5.75 Å². The van der Waals surface area contributed by atoms with Crippen LogP contribution in [-0.4, -0.2) is 13.8 Å². The fourth-order valence-electron chi connectivity index (χ4n) is 0.965. The second kappa shape index (κ2) is 4.64. The highest BCUT2D eigenvalue weighted by molar-refractivity contribution is 5.56. The van der Waals surface area contributed by atoms with Crippen LogP contribution >= 0.6 is 0 Å². The maximum Gasteiger partial charge on any atom is 0.142 e. The third kappa shape index (κ3) is 2.57. The SMILES string of the molecule is COc1ccc(F)cc1NCNN. The number of methoxy groups -OCH3 is 1. The minimum absolute atomic E-state index is 0.319. The molecule has 0 atom stereocenters. The lowest BCUT2D eigenvalue weighted by Crippen LogP contribution is -2.28. The van der Waals surface area contributed by atoms with Crippen molar-refractivity contribution in [3.63, 3.8) is 0 Å². The van der Waals surface area contributed by atoms with Gasteiger partial charge in [-0.1, -0.05) is 0 Å². The summed E-state index contributed by atoms with van der Waals surface area (Å²) in [6.45, 7) is 0.347. The van der Waals surface area contributed by atoms with Crippen LogP contribution < -0.4 is 21.3 Å². The quantitative estimate of drug-likeness (QED) is 0.366. The van der Waals surface area contributed by atoms with E-state index in [1.54, 1.807) is 6.07 Å². The number of anilines is 1. The maximum atomic E-state index is 12.8. The van der Waals surface area contributed by atoms with Gasteiger partial charge in [0.25, 0.3) is 0 Å². The Labute approximate surface area is 75.9 Å². The van der Waals surface area contributed by atoms with Gasteiger partial charge in [-0.2, -0.15) is 0 Å². The molecule has 1 rings (SSSR count). The van der Waals surface area contributed by atoms with Crippen LogP contribution in [0.25, 0.3) is 0 Å². The average Bonchev–Trinajstić information content (AvgIpc) is 2.15. The van der Waals surface area contributed by atoms with E-state index >= 15 is 0 Å². The molecule has 0 aromatic heterocycles. The highest BCUT2D eigenvalue weighted by atomic mass is 19.1. The number of ether oxygens (including phenoxy) is 1. The van der Waals surface area contributed by atoms with Gasteiger partial charge in [-0.05, 0) is 12.1 Å². The fraction of sp³-hybridized carbons (Fsp3) is 0.250. The number of halogens is 1. The number of nitrogens with one attached hydrogen (secondary N) is 2. The van der Waals surface area contributed by atoms with Crippen LogP contribution in [0.15, 0.2) is 18.2 Å². The van der Waals surface area contributed by atoms with E-state index in [1.807, 2.05) is 0 Å². The lowest BCUT2D eigenvalue weighted by atomic mass is 10.3. The molecule has 0 heterocycles. The van der Waals surface area contributed by atoms with Crippen molar-refractivity contribution in [2.24, 2.45) is 5.84 Å². The van der Waals surface area contributed by atoms with Gasteiger partial charge >= 0.3 is 0 Å². The van der Waals surface area contributed by atoms with E-state index in [4.69, 9.17) is 10.6 Å². The lowest BCUT2D eigenvalue weighted by molar-refractivity contribution is 0.415. The molecule has 0 aliphatic carbocycles. The molecule has 0 fully saturated rings. The third-order valence-corrected chi connectivity index (χ3v) is 1.54. The highest BCUT2D eigenvalue weighted by Crippen LogP contribution is 2.24. The van der Waals surface area contributed by atoms with Gasteiger partial charge in [-0.25, -0.2) is 9.82 Å². The Morgan fingerprint density at radius 1 is 1.54 bits per heavy atom. The maximum absolute atomic E-state index is 12.8. The van der Waals surface area contributed by atoms with Crippen molar-refractivity contribution in [1.29, 1.82) is 0 Å². The van der Waals surface area contributed by atoms with Gasteiger partial charge in [0.2, 0.25) is 0 Å². The lowest BCUT2D eigenvalue weighted by Gasteiger charge is -2.10. The molecule has 1 aromatic rings. The minimum atomic E-state index is -0.319. The van der Waals surface area contributed by atoms with Crippen LogP contribution in [0.4, 0.5) is 10.1 Å². The molecule has 4 nitrogen and oxygen atoms in total. The Morgan fingerprint density at radius 3 is 2.92 bits per heavy atom. The molecule has 0 spiro atoms. The summed E-state index contributed by atoms with van der Waals surface area (Å²) in [5, 5.41) is 2.85. The zero-order valence-corrected chi connectivity index (χ0v) is 7.30. The number of rotatable bonds is 4.